The van der Waals surface area contributed by atoms with Crippen LogP contribution in [0, 0.1) is 0 Å². The monoisotopic (exact) mass is 606 g/mol. The summed E-state index contributed by atoms with van der Waals surface area (Å²) >= 11 is 1.42. The number of rotatable bonds is 11. The highest BCUT2D eigenvalue weighted by atomic mass is 32.1. The molecule has 3 heterocycles. The predicted octanol–water partition coefficient (Wildman–Crippen LogP) is 3.51. The van der Waals surface area contributed by atoms with E-state index in [0.29, 0.717) is 31.2 Å². The number of nitrogens with one attached hydrogen (secondary N) is 1. The summed E-state index contributed by atoms with van der Waals surface area (Å²) in [5.74, 6) is -0.262. The minimum atomic E-state index is -0.701. The van der Waals surface area contributed by atoms with Gasteiger partial charge in [-0.05, 0) is 42.2 Å². The molecule has 0 radical (unpaired) electrons. The molecule has 4 amide bonds. The van der Waals surface area contributed by atoms with E-state index in [0.717, 1.165) is 46.3 Å². The number of unbranched alkanes of at least 4 members (excludes halogenated alkanes) is 1. The number of carbonyl (C=O) groups is 3. The normalized spacial score (nSPS) is 18.8. The van der Waals surface area contributed by atoms with Crippen LogP contribution < -0.4 is 16.0 Å². The fourth-order valence-corrected chi connectivity index (χ4v) is 6.70. The molecular weight excluding hydrogens is 564 g/mol. The number of benzene rings is 2. The van der Waals surface area contributed by atoms with Crippen LogP contribution in [0.3, 0.4) is 0 Å². The van der Waals surface area contributed by atoms with Crippen molar-refractivity contribution in [2.24, 2.45) is 0 Å². The van der Waals surface area contributed by atoms with Crippen LogP contribution >= 0.6 is 11.3 Å². The average Bonchev–Trinajstić information content (AvgIpc) is 3.53. The number of hydrogen-bond donors (Lipinski definition) is 2. The van der Waals surface area contributed by atoms with E-state index in [1.165, 1.54) is 11.3 Å². The molecule has 43 heavy (non-hydrogen) atoms. The second-order valence-corrected chi connectivity index (χ2v) is 12.5. The number of hydrazine groups is 1. The number of thiazole rings is 1. The first-order valence-electron chi connectivity index (χ1n) is 15.0. The van der Waals surface area contributed by atoms with Gasteiger partial charge in [0.1, 0.15) is 12.2 Å². The summed E-state index contributed by atoms with van der Waals surface area (Å²) < 4.78 is 0.967. The van der Waals surface area contributed by atoms with Gasteiger partial charge in [0.05, 0.1) is 23.3 Å². The SMILES string of the molecule is CCCCNC(=O)N(CCC)N1CC(=O)N2[C@@H](Cc3ccc(N(C)C)cc3)C(=O)N(Cc3cccc4sc(N)nc34)C[C@@H]21. The van der Waals surface area contributed by atoms with Crippen LogP contribution in [-0.4, -0.2) is 95.1 Å². The van der Waals surface area contributed by atoms with Crippen molar-refractivity contribution in [2.75, 3.05) is 50.9 Å². The van der Waals surface area contributed by atoms with Gasteiger partial charge < -0.3 is 25.8 Å². The number of anilines is 2. The zero-order chi connectivity index (χ0) is 30.7. The molecule has 230 valence electrons. The molecule has 0 aliphatic carbocycles. The quantitative estimate of drug-likeness (QED) is 0.321. The first-order valence-corrected chi connectivity index (χ1v) is 15.9. The summed E-state index contributed by atoms with van der Waals surface area (Å²) in [7, 11) is 3.97. The Hall–Kier alpha value is -3.90. The number of nitrogens with two attached hydrogens (primary N) is 1. The molecule has 12 heteroatoms. The van der Waals surface area contributed by atoms with Gasteiger partial charge in [-0.3, -0.25) is 14.6 Å². The molecule has 5 rings (SSSR count). The summed E-state index contributed by atoms with van der Waals surface area (Å²) in [6.45, 7) is 5.78. The van der Waals surface area contributed by atoms with Gasteiger partial charge in [0.15, 0.2) is 5.13 Å². The van der Waals surface area contributed by atoms with Crippen LogP contribution in [0.2, 0.25) is 0 Å². The molecule has 2 atom stereocenters. The average molecular weight is 607 g/mol. The molecule has 2 saturated heterocycles. The highest BCUT2D eigenvalue weighted by Gasteiger charge is 2.52. The fraction of sp³-hybridized carbons (Fsp3) is 0.484. The molecule has 2 aliphatic rings. The van der Waals surface area contributed by atoms with Crippen LogP contribution in [0.4, 0.5) is 15.6 Å². The number of urea groups is 1. The molecule has 0 saturated carbocycles. The van der Waals surface area contributed by atoms with Gasteiger partial charge >= 0.3 is 6.03 Å². The van der Waals surface area contributed by atoms with Crippen molar-refractivity contribution in [1.82, 2.24) is 30.1 Å². The number of piperazine rings is 1. The van der Waals surface area contributed by atoms with E-state index in [2.05, 4.69) is 17.2 Å². The van der Waals surface area contributed by atoms with E-state index in [1.54, 1.807) is 9.91 Å². The van der Waals surface area contributed by atoms with Crippen LogP contribution in [0.25, 0.3) is 10.2 Å². The Kier molecular flexibility index (Phi) is 9.36. The van der Waals surface area contributed by atoms with E-state index in [9.17, 15) is 14.4 Å². The van der Waals surface area contributed by atoms with Crippen molar-refractivity contribution in [3.63, 3.8) is 0 Å². The third-order valence-corrected chi connectivity index (χ3v) is 8.96. The highest BCUT2D eigenvalue weighted by Crippen LogP contribution is 2.32. The van der Waals surface area contributed by atoms with Gasteiger partial charge in [-0.1, -0.05) is 55.9 Å². The first-order chi connectivity index (χ1) is 20.7. The zero-order valence-electron chi connectivity index (χ0n) is 25.5. The van der Waals surface area contributed by atoms with Crippen LogP contribution in [0.15, 0.2) is 42.5 Å². The Bertz CT molecular complexity index is 1460. The topological polar surface area (TPSA) is 118 Å². The van der Waals surface area contributed by atoms with Crippen molar-refractivity contribution < 1.29 is 14.4 Å². The van der Waals surface area contributed by atoms with Gasteiger partial charge in [0, 0.05) is 45.8 Å². The van der Waals surface area contributed by atoms with E-state index in [1.807, 2.05) is 78.3 Å². The van der Waals surface area contributed by atoms with Gasteiger partial charge in [-0.15, -0.1) is 0 Å². The van der Waals surface area contributed by atoms with E-state index < -0.39 is 12.2 Å². The van der Waals surface area contributed by atoms with E-state index >= 15 is 0 Å². The lowest BCUT2D eigenvalue weighted by molar-refractivity contribution is -0.157. The maximum atomic E-state index is 14.2. The number of fused-ring (bicyclic) bond motifs is 2. The molecule has 0 unspecified atom stereocenters. The maximum absolute atomic E-state index is 14.2. The molecule has 2 aromatic carbocycles. The Morgan fingerprint density at radius 1 is 1.12 bits per heavy atom. The van der Waals surface area contributed by atoms with E-state index in [4.69, 9.17) is 5.73 Å². The Labute approximate surface area is 257 Å². The molecule has 2 fully saturated rings. The minimum Gasteiger partial charge on any atom is -0.378 e. The maximum Gasteiger partial charge on any atom is 0.332 e. The Morgan fingerprint density at radius 3 is 2.58 bits per heavy atom. The zero-order valence-corrected chi connectivity index (χ0v) is 26.3. The number of carbonyl (C=O) groups excluding carboxylic acids is 3. The summed E-state index contributed by atoms with van der Waals surface area (Å²) in [6, 6.07) is 13.0. The van der Waals surface area contributed by atoms with Gasteiger partial charge in [-0.2, -0.15) is 5.01 Å². The largest absolute Gasteiger partial charge is 0.378 e. The van der Waals surface area contributed by atoms with Gasteiger partial charge in [-0.25, -0.2) is 9.78 Å². The van der Waals surface area contributed by atoms with Crippen molar-refractivity contribution in [2.45, 2.75) is 58.3 Å². The smallest absolute Gasteiger partial charge is 0.332 e. The lowest BCUT2D eigenvalue weighted by atomic mass is 9.99. The molecule has 2 aliphatic heterocycles. The second kappa shape index (κ2) is 13.2. The number of amides is 4. The number of nitrogen functional groups attached to an aromatic ring is 1. The number of para-hydroxylation sites is 1. The molecule has 0 spiro atoms. The van der Waals surface area contributed by atoms with E-state index in [-0.39, 0.29) is 30.9 Å². The van der Waals surface area contributed by atoms with Crippen molar-refractivity contribution in [3.8, 4) is 0 Å². The van der Waals surface area contributed by atoms with Crippen LogP contribution in [0.1, 0.15) is 44.2 Å². The molecule has 0 bridgehead atoms. The first kappa shape index (κ1) is 30.6. The second-order valence-electron chi connectivity index (χ2n) is 11.4. The molecule has 11 nitrogen and oxygen atoms in total. The molecule has 3 N–H and O–H groups in total. The Balaban J connectivity index is 1.48. The standard InChI is InChI=1S/C31H42N8O3S/c1-5-7-15-33-31(42)37(16-6-2)38-20-27(40)39-24(17-21-11-13-23(14-12-21)35(3)4)29(41)36(19-26(38)39)18-22-9-8-10-25-28(22)34-30(32)43-25/h8-14,24,26H,5-7,15-20H2,1-4H3,(H2,32,34)(H,33,42)/t24-,26+/m0/s1. The minimum absolute atomic E-state index is 0.0429. The summed E-state index contributed by atoms with van der Waals surface area (Å²) in [6.07, 6.45) is 2.49. The summed E-state index contributed by atoms with van der Waals surface area (Å²) in [4.78, 5) is 51.3. The lowest BCUT2D eigenvalue weighted by Crippen LogP contribution is -2.66. The molecule has 1 aromatic heterocycles. The number of nitrogens with zero attached hydrogens (tertiary/aromatic N) is 6. The number of aromatic nitrogens is 1. The highest BCUT2D eigenvalue weighted by molar-refractivity contribution is 7.22. The van der Waals surface area contributed by atoms with Crippen molar-refractivity contribution >= 4 is 50.2 Å². The van der Waals surface area contributed by atoms with Crippen LogP contribution in [-0.2, 0) is 22.6 Å². The summed E-state index contributed by atoms with van der Waals surface area (Å²) in [5.41, 5.74) is 9.74. The predicted molar refractivity (Wildman–Crippen MR) is 170 cm³/mol. The summed E-state index contributed by atoms with van der Waals surface area (Å²) in [5, 5.41) is 7.02. The fourth-order valence-electron chi connectivity index (χ4n) is 5.92. The molecular formula is C31H42N8O3S. The third-order valence-electron chi connectivity index (χ3n) is 8.12. The van der Waals surface area contributed by atoms with Gasteiger partial charge in [0.2, 0.25) is 11.8 Å². The van der Waals surface area contributed by atoms with Crippen LogP contribution in [0.5, 0.6) is 0 Å². The van der Waals surface area contributed by atoms with Gasteiger partial charge in [0.25, 0.3) is 0 Å². The Morgan fingerprint density at radius 2 is 1.88 bits per heavy atom. The third kappa shape index (κ3) is 6.40. The van der Waals surface area contributed by atoms with Crippen molar-refractivity contribution in [1.29, 1.82) is 0 Å². The lowest BCUT2D eigenvalue weighted by Gasteiger charge is -2.46. The number of hydrogen-bond acceptors (Lipinski definition) is 8. The molecule has 3 aromatic rings. The van der Waals surface area contributed by atoms with Crippen molar-refractivity contribution in [3.05, 3.63) is 53.6 Å².